The van der Waals surface area contributed by atoms with Crippen LogP contribution >= 0.6 is 11.3 Å². The average molecular weight is 817 g/mol. The predicted molar refractivity (Wildman–Crippen MR) is 267 cm³/mol. The van der Waals surface area contributed by atoms with Gasteiger partial charge in [-0.3, -0.25) is 0 Å². The normalized spacial score (nSPS) is 19.0. The summed E-state index contributed by atoms with van der Waals surface area (Å²) >= 11 is 1.96. The van der Waals surface area contributed by atoms with Crippen molar-refractivity contribution in [1.29, 1.82) is 0 Å². The van der Waals surface area contributed by atoms with Crippen LogP contribution in [0, 0.1) is 6.92 Å². The van der Waals surface area contributed by atoms with Crippen molar-refractivity contribution in [3.05, 3.63) is 137 Å². The highest BCUT2D eigenvalue weighted by Crippen LogP contribution is 2.54. The molecule has 2 aliphatic heterocycles. The number of fused-ring (bicyclic) bond motifs is 10. The molecule has 4 aliphatic rings. The molecule has 0 atom stereocenters. The molecule has 0 N–H and O–H groups in total. The third-order valence-electron chi connectivity index (χ3n) is 15.9. The number of nitrogens with zero attached hydrogens (tertiary/aromatic N) is 2. The monoisotopic (exact) mass is 816 g/mol. The van der Waals surface area contributed by atoms with Gasteiger partial charge in [-0.2, -0.15) is 0 Å². The van der Waals surface area contributed by atoms with Gasteiger partial charge >= 0.3 is 0 Å². The highest BCUT2D eigenvalue weighted by Gasteiger charge is 2.48. The first-order valence-corrected chi connectivity index (χ1v) is 23.7. The van der Waals surface area contributed by atoms with Crippen LogP contribution in [-0.2, 0) is 27.1 Å². The van der Waals surface area contributed by atoms with Crippen LogP contribution in [0.2, 0.25) is 0 Å². The summed E-state index contributed by atoms with van der Waals surface area (Å²) in [6.07, 6.45) is 4.77. The third-order valence-corrected chi connectivity index (χ3v) is 17.1. The average Bonchev–Trinajstić information content (AvgIpc) is 3.60. The Balaban J connectivity index is 1.31. The van der Waals surface area contributed by atoms with E-state index in [4.69, 9.17) is 0 Å². The molecule has 11 rings (SSSR count). The van der Waals surface area contributed by atoms with E-state index in [1.165, 1.54) is 130 Å². The quantitative estimate of drug-likeness (QED) is 0.160. The van der Waals surface area contributed by atoms with Crippen LogP contribution in [0.1, 0.15) is 135 Å². The van der Waals surface area contributed by atoms with E-state index in [0.29, 0.717) is 0 Å². The molecule has 1 aromatic heterocycles. The number of thiophene rings is 1. The summed E-state index contributed by atoms with van der Waals surface area (Å²) in [7, 11) is 0. The van der Waals surface area contributed by atoms with Gasteiger partial charge in [0.15, 0.2) is 0 Å². The molecule has 0 unspecified atom stereocenters. The highest BCUT2D eigenvalue weighted by molar-refractivity contribution is 7.26. The molecule has 0 saturated carbocycles. The Morgan fingerprint density at radius 3 is 1.79 bits per heavy atom. The lowest BCUT2D eigenvalue weighted by Gasteiger charge is -2.48. The number of para-hydroxylation sites is 1. The van der Waals surface area contributed by atoms with E-state index < -0.39 is 0 Å². The fourth-order valence-corrected chi connectivity index (χ4v) is 13.1. The first-order valence-electron chi connectivity index (χ1n) is 22.9. The van der Waals surface area contributed by atoms with E-state index in [1.54, 1.807) is 0 Å². The maximum Gasteiger partial charge on any atom is 0.252 e. The second-order valence-corrected chi connectivity index (χ2v) is 23.8. The molecule has 3 heterocycles. The highest BCUT2D eigenvalue weighted by atomic mass is 32.1. The summed E-state index contributed by atoms with van der Waals surface area (Å²) in [5, 5.41) is 2.69. The van der Waals surface area contributed by atoms with Gasteiger partial charge in [0.1, 0.15) is 0 Å². The smallest absolute Gasteiger partial charge is 0.252 e. The van der Waals surface area contributed by atoms with Crippen molar-refractivity contribution in [3.63, 3.8) is 0 Å². The van der Waals surface area contributed by atoms with Gasteiger partial charge in [-0.1, -0.05) is 137 Å². The molecule has 7 aromatic rings. The molecule has 0 saturated heterocycles. The second-order valence-electron chi connectivity index (χ2n) is 22.8. The number of hydrogen-bond donors (Lipinski definition) is 0. The number of rotatable bonds is 2. The minimum absolute atomic E-state index is 0.0642. The summed E-state index contributed by atoms with van der Waals surface area (Å²) in [6.45, 7) is 29.3. The van der Waals surface area contributed by atoms with Gasteiger partial charge in [0.2, 0.25) is 0 Å². The van der Waals surface area contributed by atoms with Gasteiger partial charge < -0.3 is 9.80 Å². The maximum absolute atomic E-state index is 2.72. The fourth-order valence-electron chi connectivity index (χ4n) is 11.8. The minimum Gasteiger partial charge on any atom is -0.311 e. The molecule has 2 nitrogen and oxygen atoms in total. The molecule has 61 heavy (non-hydrogen) atoms. The van der Waals surface area contributed by atoms with Crippen molar-refractivity contribution >= 4 is 88.7 Å². The molecule has 2 aliphatic carbocycles. The van der Waals surface area contributed by atoms with E-state index in [0.717, 1.165) is 0 Å². The van der Waals surface area contributed by atoms with E-state index in [9.17, 15) is 0 Å². The maximum atomic E-state index is 2.72. The molecule has 0 bridgehead atoms. The van der Waals surface area contributed by atoms with Gasteiger partial charge in [-0.05, 0) is 152 Å². The molecule has 6 aromatic carbocycles. The van der Waals surface area contributed by atoms with Crippen LogP contribution in [0.4, 0.5) is 34.1 Å². The van der Waals surface area contributed by atoms with E-state index in [-0.39, 0.29) is 33.8 Å². The van der Waals surface area contributed by atoms with Gasteiger partial charge in [-0.25, -0.2) is 0 Å². The molecule has 0 fully saturated rings. The van der Waals surface area contributed by atoms with E-state index >= 15 is 0 Å². The zero-order chi connectivity index (χ0) is 42.8. The Bertz CT molecular complexity index is 3010. The number of hydrogen-bond acceptors (Lipinski definition) is 3. The van der Waals surface area contributed by atoms with Crippen LogP contribution in [-0.4, -0.2) is 6.71 Å². The van der Waals surface area contributed by atoms with Crippen LogP contribution < -0.4 is 26.2 Å². The van der Waals surface area contributed by atoms with Gasteiger partial charge in [0.25, 0.3) is 6.71 Å². The van der Waals surface area contributed by atoms with E-state index in [2.05, 4.69) is 196 Å². The first kappa shape index (κ1) is 39.1. The number of benzene rings is 6. The largest absolute Gasteiger partial charge is 0.311 e. The molecule has 4 heteroatoms. The summed E-state index contributed by atoms with van der Waals surface area (Å²) in [6, 6.07) is 41.1. The lowest BCUT2D eigenvalue weighted by molar-refractivity contribution is 0.332. The van der Waals surface area contributed by atoms with Crippen molar-refractivity contribution in [1.82, 2.24) is 0 Å². The SMILES string of the molecule is Cc1ccccc1N1c2cc(C(C)(C)C)cc3c2B(c2cc4c(cc2N3c2ccc3c(c2)C(C)(C)CCC3(C)C)C(C)(C)CCC4(C)C)c2ccc3c(sc4ccccc43)c21. The van der Waals surface area contributed by atoms with Gasteiger partial charge in [0.05, 0.1) is 10.4 Å². The van der Waals surface area contributed by atoms with Crippen molar-refractivity contribution < 1.29 is 0 Å². The zero-order valence-corrected chi connectivity index (χ0v) is 39.3. The van der Waals surface area contributed by atoms with Gasteiger partial charge in [0, 0.05) is 43.9 Å². The van der Waals surface area contributed by atoms with Crippen molar-refractivity contribution in [2.45, 2.75) is 136 Å². The van der Waals surface area contributed by atoms with Crippen LogP contribution in [0.3, 0.4) is 0 Å². The van der Waals surface area contributed by atoms with E-state index in [1.807, 2.05) is 11.3 Å². The summed E-state index contributed by atoms with van der Waals surface area (Å²) in [5.74, 6) is 0. The van der Waals surface area contributed by atoms with Crippen molar-refractivity contribution in [2.24, 2.45) is 0 Å². The lowest BCUT2D eigenvalue weighted by atomic mass is 9.33. The third kappa shape index (κ3) is 5.59. The second kappa shape index (κ2) is 12.7. The Hall–Kier alpha value is -4.80. The summed E-state index contributed by atoms with van der Waals surface area (Å²) in [4.78, 5) is 5.40. The Labute approximate surface area is 369 Å². The summed E-state index contributed by atoms with van der Waals surface area (Å²) < 4.78 is 2.72. The molecule has 0 radical (unpaired) electrons. The zero-order valence-electron chi connectivity index (χ0n) is 38.5. The number of aryl methyl sites for hydroxylation is 1. The number of anilines is 6. The van der Waals surface area contributed by atoms with Crippen LogP contribution in [0.15, 0.2) is 103 Å². The molecular weight excluding hydrogens is 756 g/mol. The summed E-state index contributed by atoms with van der Waals surface area (Å²) in [5.41, 5.74) is 21.1. The molecule has 0 spiro atoms. The Kier molecular flexibility index (Phi) is 8.11. The molecule has 0 amide bonds. The topological polar surface area (TPSA) is 6.48 Å². The predicted octanol–water partition coefficient (Wildman–Crippen LogP) is 14.4. The van der Waals surface area contributed by atoms with Crippen molar-refractivity contribution in [2.75, 3.05) is 9.80 Å². The fraction of sp³-hybridized carbons (Fsp3) is 0.368. The standard InChI is InChI=1S/C57H61BN2S/c1-34-17-13-15-19-45(34)60-48-30-35(53(2,3)4)29-47-50(48)58(43-24-22-38-37-18-14-16-20-49(37)61-52(38)51(43)60)44-32-41-42(57(11,12)28-27-56(41,9)10)33-46(44)59(47)36-21-23-39-40(31-36)55(7,8)26-25-54(39,5)6/h13-24,29-33H,25-28H2,1-12H3. The Morgan fingerprint density at radius 2 is 1.11 bits per heavy atom. The van der Waals surface area contributed by atoms with Crippen molar-refractivity contribution in [3.8, 4) is 0 Å². The first-order chi connectivity index (χ1) is 28.8. The lowest BCUT2D eigenvalue weighted by Crippen LogP contribution is -2.62. The molecule has 308 valence electrons. The van der Waals surface area contributed by atoms with Crippen LogP contribution in [0.5, 0.6) is 0 Å². The minimum atomic E-state index is -0.0853. The Morgan fingerprint density at radius 1 is 0.525 bits per heavy atom. The van der Waals surface area contributed by atoms with Crippen LogP contribution in [0.25, 0.3) is 20.2 Å². The van der Waals surface area contributed by atoms with Gasteiger partial charge in [-0.15, -0.1) is 11.3 Å². The molecular formula is C57H61BN2S.